The van der Waals surface area contributed by atoms with E-state index in [1.807, 2.05) is 37.3 Å². The van der Waals surface area contributed by atoms with Gasteiger partial charge in [0.05, 0.1) is 22.6 Å². The van der Waals surface area contributed by atoms with E-state index in [2.05, 4.69) is 13.8 Å². The molecule has 4 rings (SSSR count). The lowest BCUT2D eigenvalue weighted by Crippen LogP contribution is -2.43. The second-order valence-corrected chi connectivity index (χ2v) is 13.6. The number of ether oxygens (including phenoxy) is 1. The molecule has 0 amide bonds. The van der Waals surface area contributed by atoms with E-state index < -0.39 is 33.7 Å². The quantitative estimate of drug-likeness (QED) is 0.285. The molecule has 206 valence electrons. The Morgan fingerprint density at radius 3 is 2.18 bits per heavy atom. The van der Waals surface area contributed by atoms with Gasteiger partial charge in [0.1, 0.15) is 5.60 Å². The minimum Gasteiger partial charge on any atom is -0.457 e. The molecule has 0 aromatic heterocycles. The van der Waals surface area contributed by atoms with Gasteiger partial charge in [-0.15, -0.1) is 0 Å². The zero-order valence-electron chi connectivity index (χ0n) is 23.3. The van der Waals surface area contributed by atoms with E-state index >= 15 is 0 Å². The molecular weight excluding hydrogens is 530 g/mol. The van der Waals surface area contributed by atoms with Crippen LogP contribution in [0.3, 0.4) is 0 Å². The van der Waals surface area contributed by atoms with Gasteiger partial charge in [-0.25, -0.2) is 13.2 Å². The van der Waals surface area contributed by atoms with E-state index in [1.165, 1.54) is 9.87 Å². The average molecular weight is 566 g/mol. The summed E-state index contributed by atoms with van der Waals surface area (Å²) in [5, 5.41) is 0.451. The van der Waals surface area contributed by atoms with Crippen molar-refractivity contribution in [1.29, 1.82) is 0 Å². The molecule has 0 fully saturated rings. The number of rotatable bonds is 6. The summed E-state index contributed by atoms with van der Waals surface area (Å²) >= 11 is 6.39. The summed E-state index contributed by atoms with van der Waals surface area (Å²) in [6.07, 6.45) is 2.14. The lowest BCUT2D eigenvalue weighted by atomic mass is 9.88. The Kier molecular flexibility index (Phi) is 8.41. The fourth-order valence-electron chi connectivity index (χ4n) is 4.83. The predicted octanol–water partition coefficient (Wildman–Crippen LogP) is 7.92. The number of benzene rings is 3. The molecule has 0 bridgehead atoms. The number of hydrogen-bond donors (Lipinski definition) is 0. The molecule has 0 unspecified atom stereocenters. The van der Waals surface area contributed by atoms with Crippen LogP contribution in [0.1, 0.15) is 81.3 Å². The molecular formula is C32H36ClNO4S. The molecule has 5 nitrogen and oxygen atoms in total. The highest BCUT2D eigenvalue weighted by atomic mass is 35.5. The standard InChI is InChI=1S/C32H36ClNO4S/c1-21(2)23-12-14-24(15-13-23)29-19-18-28(31(35)38-32(4,5)6)30(25-8-7-9-26(33)20-25)34(29)39(36,37)27-16-10-22(3)11-17-27/h7-18,20-21,29-30H,19H2,1-6H3/t29-,30-/m0/s1. The first-order valence-corrected chi connectivity index (χ1v) is 15.0. The molecule has 0 N–H and O–H groups in total. The number of carbonyl (C=O) groups excluding carboxylic acids is 1. The van der Waals surface area contributed by atoms with Crippen molar-refractivity contribution in [2.24, 2.45) is 0 Å². The van der Waals surface area contributed by atoms with Crippen LogP contribution < -0.4 is 0 Å². The predicted molar refractivity (Wildman–Crippen MR) is 156 cm³/mol. The van der Waals surface area contributed by atoms with Crippen LogP contribution in [-0.4, -0.2) is 24.3 Å². The Balaban J connectivity index is 1.96. The highest BCUT2D eigenvalue weighted by Crippen LogP contribution is 2.46. The molecule has 7 heteroatoms. The second kappa shape index (κ2) is 11.3. The highest BCUT2D eigenvalue weighted by molar-refractivity contribution is 7.89. The maximum Gasteiger partial charge on any atom is 0.336 e. The van der Waals surface area contributed by atoms with Gasteiger partial charge in [0, 0.05) is 5.02 Å². The molecule has 0 aliphatic carbocycles. The van der Waals surface area contributed by atoms with E-state index in [-0.39, 0.29) is 10.5 Å². The fourth-order valence-corrected chi connectivity index (χ4v) is 6.81. The van der Waals surface area contributed by atoms with Crippen LogP contribution in [0.5, 0.6) is 0 Å². The molecule has 1 aliphatic heterocycles. The minimum absolute atomic E-state index is 0.161. The van der Waals surface area contributed by atoms with Gasteiger partial charge < -0.3 is 4.74 Å². The number of sulfonamides is 1. The number of hydrogen-bond acceptors (Lipinski definition) is 4. The van der Waals surface area contributed by atoms with Gasteiger partial charge in [-0.3, -0.25) is 0 Å². The molecule has 3 aromatic carbocycles. The summed E-state index contributed by atoms with van der Waals surface area (Å²) in [5.41, 5.74) is 3.09. The van der Waals surface area contributed by atoms with Crippen molar-refractivity contribution in [2.75, 3.05) is 0 Å². The number of aryl methyl sites for hydroxylation is 1. The van der Waals surface area contributed by atoms with Crippen molar-refractivity contribution in [3.63, 3.8) is 0 Å². The first-order chi connectivity index (χ1) is 18.3. The van der Waals surface area contributed by atoms with Crippen molar-refractivity contribution in [1.82, 2.24) is 4.31 Å². The van der Waals surface area contributed by atoms with Crippen LogP contribution in [0.15, 0.2) is 89.3 Å². The Labute approximate surface area is 237 Å². The van der Waals surface area contributed by atoms with Crippen molar-refractivity contribution in [3.8, 4) is 0 Å². The summed E-state index contributed by atoms with van der Waals surface area (Å²) in [6.45, 7) is 11.5. The molecule has 3 aromatic rings. The number of carbonyl (C=O) groups is 1. The normalized spacial score (nSPS) is 18.6. The molecule has 0 saturated carbocycles. The smallest absolute Gasteiger partial charge is 0.336 e. The Morgan fingerprint density at radius 2 is 1.62 bits per heavy atom. The monoisotopic (exact) mass is 565 g/mol. The number of halogens is 1. The third kappa shape index (κ3) is 6.46. The summed E-state index contributed by atoms with van der Waals surface area (Å²) in [7, 11) is -4.08. The zero-order chi connectivity index (χ0) is 28.5. The van der Waals surface area contributed by atoms with Gasteiger partial charge in [-0.05, 0) is 81.0 Å². The third-order valence-corrected chi connectivity index (χ3v) is 8.92. The molecule has 0 radical (unpaired) electrons. The minimum atomic E-state index is -4.08. The number of nitrogens with zero attached hydrogens (tertiary/aromatic N) is 1. The second-order valence-electron chi connectivity index (χ2n) is 11.3. The lowest BCUT2D eigenvalue weighted by molar-refractivity contribution is -0.150. The van der Waals surface area contributed by atoms with Crippen molar-refractivity contribution >= 4 is 27.6 Å². The van der Waals surface area contributed by atoms with Gasteiger partial charge >= 0.3 is 5.97 Å². The Hall–Kier alpha value is -2.93. The summed E-state index contributed by atoms with van der Waals surface area (Å²) in [4.78, 5) is 13.7. The van der Waals surface area contributed by atoms with Crippen LogP contribution >= 0.6 is 11.6 Å². The van der Waals surface area contributed by atoms with Gasteiger partial charge in [-0.2, -0.15) is 4.31 Å². The molecule has 0 spiro atoms. The van der Waals surface area contributed by atoms with Gasteiger partial charge in [0.2, 0.25) is 10.0 Å². The lowest BCUT2D eigenvalue weighted by Gasteiger charge is -2.41. The Bertz CT molecular complexity index is 1470. The van der Waals surface area contributed by atoms with E-state index in [4.69, 9.17) is 16.3 Å². The van der Waals surface area contributed by atoms with Gasteiger partial charge in [0.25, 0.3) is 0 Å². The third-order valence-electron chi connectivity index (χ3n) is 6.80. The van der Waals surface area contributed by atoms with E-state index in [9.17, 15) is 13.2 Å². The average Bonchev–Trinajstić information content (AvgIpc) is 2.87. The maximum atomic E-state index is 14.5. The molecule has 0 saturated heterocycles. The topological polar surface area (TPSA) is 63.7 Å². The van der Waals surface area contributed by atoms with Crippen LogP contribution in [0.25, 0.3) is 0 Å². The van der Waals surface area contributed by atoms with Crippen LogP contribution in [0.4, 0.5) is 0 Å². The number of esters is 1. The van der Waals surface area contributed by atoms with Gasteiger partial charge in [-0.1, -0.05) is 85.6 Å². The largest absolute Gasteiger partial charge is 0.457 e. The molecule has 1 heterocycles. The zero-order valence-corrected chi connectivity index (χ0v) is 24.9. The van der Waals surface area contributed by atoms with E-state index in [1.54, 1.807) is 69.3 Å². The fraction of sp³-hybridized carbons (Fsp3) is 0.344. The highest BCUT2D eigenvalue weighted by Gasteiger charge is 2.45. The Morgan fingerprint density at radius 1 is 0.974 bits per heavy atom. The van der Waals surface area contributed by atoms with Crippen LogP contribution in [-0.2, 0) is 19.6 Å². The summed E-state index contributed by atoms with van der Waals surface area (Å²) in [6, 6.07) is 20.4. The van der Waals surface area contributed by atoms with Gasteiger partial charge in [0.15, 0.2) is 0 Å². The van der Waals surface area contributed by atoms with Crippen molar-refractivity contribution < 1.29 is 17.9 Å². The van der Waals surface area contributed by atoms with E-state index in [0.29, 0.717) is 22.9 Å². The van der Waals surface area contributed by atoms with Crippen LogP contribution in [0, 0.1) is 6.92 Å². The van der Waals surface area contributed by atoms with Crippen molar-refractivity contribution in [2.45, 2.75) is 76.5 Å². The van der Waals surface area contributed by atoms with Crippen LogP contribution in [0.2, 0.25) is 5.02 Å². The van der Waals surface area contributed by atoms with Crippen molar-refractivity contribution in [3.05, 3.63) is 112 Å². The summed E-state index contributed by atoms with van der Waals surface area (Å²) in [5.74, 6) is -0.208. The molecule has 1 aliphatic rings. The molecule has 2 atom stereocenters. The SMILES string of the molecule is Cc1ccc(S(=O)(=O)N2[C@@H](c3cccc(Cl)c3)C(C(=O)OC(C)(C)C)=CC[C@H]2c2ccc(C(C)C)cc2)cc1. The van der Waals surface area contributed by atoms with E-state index in [0.717, 1.165) is 11.1 Å². The summed E-state index contributed by atoms with van der Waals surface area (Å²) < 4.78 is 36.2. The molecule has 39 heavy (non-hydrogen) atoms. The maximum absolute atomic E-state index is 14.5. The first kappa shape index (κ1) is 29.1. The first-order valence-electron chi connectivity index (χ1n) is 13.2.